The van der Waals surface area contributed by atoms with Gasteiger partial charge in [-0.1, -0.05) is 84.9 Å². The van der Waals surface area contributed by atoms with E-state index in [9.17, 15) is 9.59 Å². The number of carbonyl (C=O) groups excluding carboxylic acids is 2. The minimum Gasteiger partial charge on any atom is -0.384 e. The molecule has 0 bridgehead atoms. The molecule has 1 aromatic heterocycles. The lowest BCUT2D eigenvalue weighted by atomic mass is 9.99. The van der Waals surface area contributed by atoms with Crippen molar-refractivity contribution in [2.45, 2.75) is 6.42 Å². The fourth-order valence-corrected chi connectivity index (χ4v) is 4.29. The van der Waals surface area contributed by atoms with Gasteiger partial charge in [-0.25, -0.2) is 0 Å². The van der Waals surface area contributed by atoms with Gasteiger partial charge in [0.1, 0.15) is 0 Å². The number of hydrogen-bond acceptors (Lipinski definition) is 3. The lowest BCUT2D eigenvalue weighted by Crippen LogP contribution is -2.05. The molecule has 4 heteroatoms. The van der Waals surface area contributed by atoms with E-state index in [0.29, 0.717) is 0 Å². The second kappa shape index (κ2) is 9.59. The van der Waals surface area contributed by atoms with Gasteiger partial charge in [-0.15, -0.1) is 0 Å². The Morgan fingerprint density at radius 2 is 1.24 bits per heavy atom. The summed E-state index contributed by atoms with van der Waals surface area (Å²) in [5.41, 5.74) is 6.13. The standard InChI is InChI=1S/C15H13NO.C15H11NO/c2*17-15(12-5-2-1-3-6-12)13-8-4-7-11-9-10-16-14(11)13/h1-8,16H,9-10H2;1-10,16H. The minimum atomic E-state index is 0.0543. The van der Waals surface area contributed by atoms with Gasteiger partial charge in [-0.05, 0) is 30.2 Å². The summed E-state index contributed by atoms with van der Waals surface area (Å²) in [6, 6.07) is 32.4. The fraction of sp³-hybridized carbons (Fsp3) is 0.0667. The highest BCUT2D eigenvalue weighted by Gasteiger charge is 2.19. The number of H-pyrrole nitrogens is 1. The van der Waals surface area contributed by atoms with Crippen LogP contribution in [0.1, 0.15) is 37.4 Å². The molecule has 2 heterocycles. The van der Waals surface area contributed by atoms with Crippen molar-refractivity contribution in [3.63, 3.8) is 0 Å². The maximum absolute atomic E-state index is 12.4. The van der Waals surface area contributed by atoms with Crippen LogP contribution in [0.5, 0.6) is 0 Å². The number of rotatable bonds is 4. The Labute approximate surface area is 198 Å². The summed E-state index contributed by atoms with van der Waals surface area (Å²) in [5.74, 6) is 0.149. The molecule has 34 heavy (non-hydrogen) atoms. The van der Waals surface area contributed by atoms with Crippen LogP contribution in [-0.4, -0.2) is 23.1 Å². The number of aromatic amines is 1. The van der Waals surface area contributed by atoms with Gasteiger partial charge in [0.2, 0.25) is 0 Å². The molecular formula is C30H24N2O2. The van der Waals surface area contributed by atoms with Gasteiger partial charge in [-0.2, -0.15) is 0 Å². The molecule has 0 atom stereocenters. The van der Waals surface area contributed by atoms with Crippen molar-refractivity contribution in [1.82, 2.24) is 4.98 Å². The molecule has 0 unspecified atom stereocenters. The van der Waals surface area contributed by atoms with Crippen molar-refractivity contribution in [3.8, 4) is 0 Å². The molecule has 0 radical (unpaired) electrons. The van der Waals surface area contributed by atoms with Gasteiger partial charge in [-0.3, -0.25) is 9.59 Å². The van der Waals surface area contributed by atoms with Crippen LogP contribution in [0.25, 0.3) is 10.9 Å². The maximum Gasteiger partial charge on any atom is 0.195 e. The second-order valence-electron chi connectivity index (χ2n) is 8.15. The molecule has 0 amide bonds. The number of para-hydroxylation sites is 2. The molecule has 1 aliphatic heterocycles. The van der Waals surface area contributed by atoms with E-state index in [-0.39, 0.29) is 11.6 Å². The quantitative estimate of drug-likeness (QED) is 0.321. The summed E-state index contributed by atoms with van der Waals surface area (Å²) in [4.78, 5) is 27.8. The van der Waals surface area contributed by atoms with Gasteiger partial charge in [0.15, 0.2) is 11.6 Å². The number of ketones is 2. The number of nitrogens with one attached hydrogen (secondary N) is 2. The predicted molar refractivity (Wildman–Crippen MR) is 137 cm³/mol. The maximum atomic E-state index is 12.4. The molecule has 4 aromatic carbocycles. The molecular weight excluding hydrogens is 420 g/mol. The number of fused-ring (bicyclic) bond motifs is 2. The third kappa shape index (κ3) is 4.26. The van der Waals surface area contributed by atoms with Gasteiger partial charge >= 0.3 is 0 Å². The molecule has 0 fully saturated rings. The van der Waals surface area contributed by atoms with E-state index in [1.807, 2.05) is 103 Å². The summed E-state index contributed by atoms with van der Waals surface area (Å²) >= 11 is 0. The summed E-state index contributed by atoms with van der Waals surface area (Å²) in [6.07, 6.45) is 2.86. The summed E-state index contributed by atoms with van der Waals surface area (Å²) in [7, 11) is 0. The average molecular weight is 445 g/mol. The monoisotopic (exact) mass is 444 g/mol. The molecule has 4 nitrogen and oxygen atoms in total. The molecule has 2 N–H and O–H groups in total. The molecule has 0 saturated carbocycles. The number of carbonyl (C=O) groups is 2. The first kappa shape index (κ1) is 21.4. The van der Waals surface area contributed by atoms with Crippen LogP contribution in [-0.2, 0) is 6.42 Å². The Bertz CT molecular complexity index is 1450. The van der Waals surface area contributed by atoms with E-state index < -0.39 is 0 Å². The van der Waals surface area contributed by atoms with Crippen LogP contribution in [0.3, 0.4) is 0 Å². The van der Waals surface area contributed by atoms with Crippen molar-refractivity contribution < 1.29 is 9.59 Å². The Kier molecular flexibility index (Phi) is 6.04. The summed E-state index contributed by atoms with van der Waals surface area (Å²) < 4.78 is 0. The van der Waals surface area contributed by atoms with E-state index in [0.717, 1.165) is 51.8 Å². The van der Waals surface area contributed by atoms with Crippen LogP contribution in [0, 0.1) is 0 Å². The molecule has 166 valence electrons. The lowest BCUT2D eigenvalue weighted by molar-refractivity contribution is 0.103. The zero-order valence-corrected chi connectivity index (χ0v) is 18.6. The van der Waals surface area contributed by atoms with Crippen LogP contribution < -0.4 is 5.32 Å². The number of aromatic nitrogens is 1. The first-order valence-corrected chi connectivity index (χ1v) is 11.3. The largest absolute Gasteiger partial charge is 0.384 e. The van der Waals surface area contributed by atoms with Crippen LogP contribution in [0.15, 0.2) is 109 Å². The van der Waals surface area contributed by atoms with E-state index in [4.69, 9.17) is 0 Å². The van der Waals surface area contributed by atoms with Crippen molar-refractivity contribution >= 4 is 28.2 Å². The van der Waals surface area contributed by atoms with Gasteiger partial charge in [0.25, 0.3) is 0 Å². The third-order valence-electron chi connectivity index (χ3n) is 6.00. The van der Waals surface area contributed by atoms with E-state index in [2.05, 4.69) is 16.4 Å². The zero-order valence-electron chi connectivity index (χ0n) is 18.6. The Morgan fingerprint density at radius 3 is 1.94 bits per heavy atom. The topological polar surface area (TPSA) is 62.0 Å². The molecule has 5 aromatic rings. The van der Waals surface area contributed by atoms with Crippen LogP contribution in [0.2, 0.25) is 0 Å². The van der Waals surface area contributed by atoms with Crippen molar-refractivity contribution in [3.05, 3.63) is 137 Å². The molecule has 0 saturated heterocycles. The van der Waals surface area contributed by atoms with Crippen molar-refractivity contribution in [1.29, 1.82) is 0 Å². The molecule has 1 aliphatic rings. The van der Waals surface area contributed by atoms with Gasteiger partial charge in [0.05, 0.1) is 5.52 Å². The summed E-state index contributed by atoms with van der Waals surface area (Å²) in [6.45, 7) is 0.925. The predicted octanol–water partition coefficient (Wildman–Crippen LogP) is 6.28. The Morgan fingerprint density at radius 1 is 0.618 bits per heavy atom. The fourth-order valence-electron chi connectivity index (χ4n) is 4.29. The number of benzene rings is 4. The second-order valence-corrected chi connectivity index (χ2v) is 8.15. The van der Waals surface area contributed by atoms with Crippen molar-refractivity contribution in [2.75, 3.05) is 11.9 Å². The van der Waals surface area contributed by atoms with E-state index >= 15 is 0 Å². The number of hydrogen-bond donors (Lipinski definition) is 2. The third-order valence-corrected chi connectivity index (χ3v) is 6.00. The highest BCUT2D eigenvalue weighted by atomic mass is 16.1. The Hall–Kier alpha value is -4.44. The SMILES string of the molecule is O=C(c1ccccc1)c1cccc2c1NCC2.O=C(c1ccccc1)c1cccc2cc[nH]c12. The van der Waals surface area contributed by atoms with E-state index in [1.54, 1.807) is 0 Å². The zero-order chi connectivity index (χ0) is 23.3. The van der Waals surface area contributed by atoms with Crippen LogP contribution in [0.4, 0.5) is 5.69 Å². The van der Waals surface area contributed by atoms with Crippen LogP contribution >= 0.6 is 0 Å². The van der Waals surface area contributed by atoms with Gasteiger partial charge in [0, 0.05) is 46.1 Å². The normalized spacial score (nSPS) is 11.8. The highest BCUT2D eigenvalue weighted by molar-refractivity contribution is 6.15. The first-order valence-electron chi connectivity index (χ1n) is 11.3. The minimum absolute atomic E-state index is 0.0543. The average Bonchev–Trinajstić information content (AvgIpc) is 3.59. The smallest absolute Gasteiger partial charge is 0.195 e. The summed E-state index contributed by atoms with van der Waals surface area (Å²) in [5, 5.41) is 4.36. The lowest BCUT2D eigenvalue weighted by Gasteiger charge is -2.07. The molecule has 6 rings (SSSR count). The van der Waals surface area contributed by atoms with E-state index in [1.165, 1.54) is 5.56 Å². The number of anilines is 1. The first-order chi connectivity index (χ1) is 16.7. The molecule has 0 spiro atoms. The Balaban J connectivity index is 0.000000142. The molecule has 0 aliphatic carbocycles. The van der Waals surface area contributed by atoms with Gasteiger partial charge < -0.3 is 10.3 Å². The highest BCUT2D eigenvalue weighted by Crippen LogP contribution is 2.28. The van der Waals surface area contributed by atoms with Crippen molar-refractivity contribution in [2.24, 2.45) is 0 Å².